The van der Waals surface area contributed by atoms with Crippen LogP contribution < -0.4 is 5.84 Å². The minimum Gasteiger partial charge on any atom is -0.297 e. The van der Waals surface area contributed by atoms with Crippen LogP contribution in [0.2, 0.25) is 0 Å². The lowest BCUT2D eigenvalue weighted by molar-refractivity contribution is -0.0765. The lowest BCUT2D eigenvalue weighted by Gasteiger charge is -2.58. The molecule has 3 nitrogen and oxygen atoms in total. The van der Waals surface area contributed by atoms with E-state index in [4.69, 9.17) is 5.84 Å². The van der Waals surface area contributed by atoms with Crippen molar-refractivity contribution in [3.63, 3.8) is 0 Å². The van der Waals surface area contributed by atoms with E-state index in [1.54, 1.807) is 32.1 Å². The summed E-state index contributed by atoms with van der Waals surface area (Å²) in [6.07, 6.45) is 7.73. The third-order valence-corrected chi connectivity index (χ3v) is 5.95. The molecule has 4 aliphatic carbocycles. The van der Waals surface area contributed by atoms with Crippen molar-refractivity contribution in [2.45, 2.75) is 38.1 Å². The summed E-state index contributed by atoms with van der Waals surface area (Å²) in [5.74, 6) is 10.2. The Morgan fingerprint density at radius 2 is 1.24 bits per heavy atom. The zero-order valence-electron chi connectivity index (χ0n) is 10.7. The fraction of sp³-hybridized carbons (Fsp3) is 1.00. The van der Waals surface area contributed by atoms with Gasteiger partial charge in [-0.15, -0.1) is 0 Å². The Labute approximate surface area is 104 Å². The molecule has 4 bridgehead atoms. The SMILES string of the molecule is NN1CCN(C2C3CC4CC(C3)CC2C4)CC1. The number of rotatable bonds is 1. The Morgan fingerprint density at radius 1 is 0.706 bits per heavy atom. The second kappa shape index (κ2) is 3.94. The summed E-state index contributed by atoms with van der Waals surface area (Å²) in [4.78, 5) is 2.79. The van der Waals surface area contributed by atoms with E-state index in [1.165, 1.54) is 13.1 Å². The molecule has 0 aromatic heterocycles. The summed E-state index contributed by atoms with van der Waals surface area (Å²) >= 11 is 0. The predicted octanol–water partition coefficient (Wildman–Crippen LogP) is 1.30. The summed E-state index contributed by atoms with van der Waals surface area (Å²) in [5.41, 5.74) is 0. The number of nitrogens with two attached hydrogens (primary N) is 1. The van der Waals surface area contributed by atoms with Crippen LogP contribution in [0.3, 0.4) is 0 Å². The molecule has 0 unspecified atom stereocenters. The standard InChI is InChI=1S/C14H25N3/c15-17-3-1-16(2-4-17)14-12-6-10-5-11(8-12)9-13(14)7-10/h10-14H,1-9,15H2. The van der Waals surface area contributed by atoms with Crippen molar-refractivity contribution in [2.24, 2.45) is 29.5 Å². The van der Waals surface area contributed by atoms with Gasteiger partial charge >= 0.3 is 0 Å². The minimum absolute atomic E-state index is 0.927. The van der Waals surface area contributed by atoms with Gasteiger partial charge in [-0.05, 0) is 55.8 Å². The Balaban J connectivity index is 1.50. The van der Waals surface area contributed by atoms with Gasteiger partial charge in [0.1, 0.15) is 0 Å². The summed E-state index contributed by atoms with van der Waals surface area (Å²) in [6, 6.07) is 0.927. The quantitative estimate of drug-likeness (QED) is 0.695. The molecular formula is C14H25N3. The molecule has 0 radical (unpaired) electrons. The van der Waals surface area contributed by atoms with Gasteiger partial charge in [0.25, 0.3) is 0 Å². The number of piperazine rings is 1. The summed E-state index contributed by atoms with van der Waals surface area (Å²) in [5, 5.41) is 1.99. The van der Waals surface area contributed by atoms with Crippen LogP contribution in [0.1, 0.15) is 32.1 Å². The predicted molar refractivity (Wildman–Crippen MR) is 68.2 cm³/mol. The first-order chi connectivity index (χ1) is 8.29. The van der Waals surface area contributed by atoms with E-state index in [2.05, 4.69) is 4.90 Å². The van der Waals surface area contributed by atoms with Crippen molar-refractivity contribution in [1.29, 1.82) is 0 Å². The van der Waals surface area contributed by atoms with Gasteiger partial charge in [0, 0.05) is 32.2 Å². The van der Waals surface area contributed by atoms with Gasteiger partial charge < -0.3 is 0 Å². The van der Waals surface area contributed by atoms with Crippen molar-refractivity contribution >= 4 is 0 Å². The normalized spacial score (nSPS) is 51.0. The molecule has 1 saturated heterocycles. The molecular weight excluding hydrogens is 210 g/mol. The number of nitrogens with zero attached hydrogens (tertiary/aromatic N) is 2. The molecule has 5 aliphatic rings. The Bertz CT molecular complexity index is 268. The highest BCUT2D eigenvalue weighted by molar-refractivity contribution is 5.02. The van der Waals surface area contributed by atoms with E-state index in [-0.39, 0.29) is 0 Å². The van der Waals surface area contributed by atoms with Crippen molar-refractivity contribution in [2.75, 3.05) is 26.2 Å². The monoisotopic (exact) mass is 235 g/mol. The molecule has 0 aromatic carbocycles. The first-order valence-electron chi connectivity index (χ1n) is 7.53. The van der Waals surface area contributed by atoms with Gasteiger partial charge in [0.2, 0.25) is 0 Å². The highest BCUT2D eigenvalue weighted by atomic mass is 15.4. The Morgan fingerprint density at radius 3 is 1.76 bits per heavy atom. The maximum absolute atomic E-state index is 5.88. The van der Waals surface area contributed by atoms with Crippen LogP contribution in [0.25, 0.3) is 0 Å². The van der Waals surface area contributed by atoms with Gasteiger partial charge in [-0.1, -0.05) is 0 Å². The van der Waals surface area contributed by atoms with Gasteiger partial charge in [-0.2, -0.15) is 0 Å². The fourth-order valence-corrected chi connectivity index (χ4v) is 5.53. The molecule has 2 N–H and O–H groups in total. The molecule has 5 rings (SSSR count). The third-order valence-electron chi connectivity index (χ3n) is 5.95. The molecule has 5 fully saturated rings. The van der Waals surface area contributed by atoms with Crippen LogP contribution in [0.5, 0.6) is 0 Å². The Kier molecular flexibility index (Phi) is 2.50. The number of hydrogen-bond acceptors (Lipinski definition) is 3. The van der Waals surface area contributed by atoms with Crippen molar-refractivity contribution < 1.29 is 0 Å². The van der Waals surface area contributed by atoms with Crippen LogP contribution in [-0.2, 0) is 0 Å². The van der Waals surface area contributed by atoms with E-state index in [9.17, 15) is 0 Å². The highest BCUT2D eigenvalue weighted by Gasteiger charge is 2.50. The van der Waals surface area contributed by atoms with Gasteiger partial charge in [0.15, 0.2) is 0 Å². The van der Waals surface area contributed by atoms with Crippen LogP contribution in [0.4, 0.5) is 0 Å². The maximum Gasteiger partial charge on any atom is 0.0257 e. The molecule has 0 atom stereocenters. The molecule has 96 valence electrons. The molecule has 4 saturated carbocycles. The molecule has 0 spiro atoms. The zero-order chi connectivity index (χ0) is 11.4. The summed E-state index contributed by atoms with van der Waals surface area (Å²) in [7, 11) is 0. The maximum atomic E-state index is 5.88. The molecule has 0 amide bonds. The third kappa shape index (κ3) is 1.74. The van der Waals surface area contributed by atoms with E-state index >= 15 is 0 Å². The van der Waals surface area contributed by atoms with Gasteiger partial charge in [-0.3, -0.25) is 10.7 Å². The topological polar surface area (TPSA) is 32.5 Å². The molecule has 1 heterocycles. The van der Waals surface area contributed by atoms with Crippen molar-refractivity contribution in [3.05, 3.63) is 0 Å². The zero-order valence-corrected chi connectivity index (χ0v) is 10.7. The number of hydrogen-bond donors (Lipinski definition) is 1. The highest BCUT2D eigenvalue weighted by Crippen LogP contribution is 2.55. The van der Waals surface area contributed by atoms with E-state index < -0.39 is 0 Å². The first kappa shape index (κ1) is 10.8. The molecule has 0 aromatic rings. The molecule has 3 heteroatoms. The van der Waals surface area contributed by atoms with Crippen molar-refractivity contribution in [1.82, 2.24) is 9.91 Å². The van der Waals surface area contributed by atoms with Crippen LogP contribution in [0, 0.1) is 23.7 Å². The second-order valence-corrected chi connectivity index (χ2v) is 6.99. The van der Waals surface area contributed by atoms with Crippen LogP contribution in [-0.4, -0.2) is 42.1 Å². The largest absolute Gasteiger partial charge is 0.297 e. The van der Waals surface area contributed by atoms with Gasteiger partial charge in [0.05, 0.1) is 0 Å². The van der Waals surface area contributed by atoms with E-state index in [0.29, 0.717) is 0 Å². The minimum atomic E-state index is 0.927. The summed E-state index contributed by atoms with van der Waals surface area (Å²) in [6.45, 7) is 4.57. The lowest BCUT2D eigenvalue weighted by atomic mass is 9.54. The molecule has 17 heavy (non-hydrogen) atoms. The van der Waals surface area contributed by atoms with Crippen molar-refractivity contribution in [3.8, 4) is 0 Å². The Hall–Kier alpha value is -0.120. The van der Waals surface area contributed by atoms with Gasteiger partial charge in [-0.25, -0.2) is 5.01 Å². The summed E-state index contributed by atoms with van der Waals surface area (Å²) < 4.78 is 0. The van der Waals surface area contributed by atoms with E-state index in [0.717, 1.165) is 42.8 Å². The second-order valence-electron chi connectivity index (χ2n) is 6.99. The molecule has 1 aliphatic heterocycles. The first-order valence-corrected chi connectivity index (χ1v) is 7.53. The van der Waals surface area contributed by atoms with Crippen LogP contribution >= 0.6 is 0 Å². The van der Waals surface area contributed by atoms with Crippen LogP contribution in [0.15, 0.2) is 0 Å². The lowest BCUT2D eigenvalue weighted by Crippen LogP contribution is -2.60. The smallest absolute Gasteiger partial charge is 0.0257 e. The average molecular weight is 235 g/mol. The van der Waals surface area contributed by atoms with E-state index in [1.807, 2.05) is 5.01 Å². The number of hydrazine groups is 1. The fourth-order valence-electron chi connectivity index (χ4n) is 5.53. The average Bonchev–Trinajstić information content (AvgIpc) is 2.30.